The molecule has 3 saturated heterocycles. The van der Waals surface area contributed by atoms with E-state index in [4.69, 9.17) is 0 Å². The van der Waals surface area contributed by atoms with E-state index in [2.05, 4.69) is 5.32 Å². The molecule has 106 valence electrons. The highest BCUT2D eigenvalue weighted by molar-refractivity contribution is 5.83. The Hall–Kier alpha value is -1.10. The maximum Gasteiger partial charge on any atom is 0.239 e. The van der Waals surface area contributed by atoms with Crippen molar-refractivity contribution in [3.8, 4) is 0 Å². The molecule has 0 saturated carbocycles. The summed E-state index contributed by atoms with van der Waals surface area (Å²) in [5.41, 5.74) is 0. The average molecular weight is 265 g/mol. The Morgan fingerprint density at radius 1 is 1.16 bits per heavy atom. The van der Waals surface area contributed by atoms with Gasteiger partial charge in [0.25, 0.3) is 0 Å². The Morgan fingerprint density at radius 3 is 2.95 bits per heavy atom. The molecule has 5 nitrogen and oxygen atoms in total. The third kappa shape index (κ3) is 2.61. The molecule has 3 rings (SSSR count). The van der Waals surface area contributed by atoms with Crippen molar-refractivity contribution in [1.29, 1.82) is 0 Å². The summed E-state index contributed by atoms with van der Waals surface area (Å²) in [7, 11) is 0. The fourth-order valence-corrected chi connectivity index (χ4v) is 3.52. The molecule has 1 N–H and O–H groups in total. The minimum atomic E-state index is 0.00570. The van der Waals surface area contributed by atoms with E-state index in [1.54, 1.807) is 0 Å². The largest absolute Gasteiger partial charge is 0.338 e. The highest BCUT2D eigenvalue weighted by Crippen LogP contribution is 2.23. The lowest BCUT2D eigenvalue weighted by atomic mass is 10.1. The lowest BCUT2D eigenvalue weighted by Gasteiger charge is -2.39. The van der Waals surface area contributed by atoms with Crippen LogP contribution in [-0.2, 0) is 9.59 Å². The maximum absolute atomic E-state index is 12.5. The third-order valence-electron chi connectivity index (χ3n) is 4.66. The summed E-state index contributed by atoms with van der Waals surface area (Å²) in [6.45, 7) is 3.13. The molecule has 19 heavy (non-hydrogen) atoms. The summed E-state index contributed by atoms with van der Waals surface area (Å²) in [5.74, 6) is 0.519. The number of carbonyl (C=O) groups excluding carboxylic acids is 2. The zero-order valence-electron chi connectivity index (χ0n) is 11.4. The van der Waals surface area contributed by atoms with E-state index in [-0.39, 0.29) is 23.9 Å². The molecule has 3 heterocycles. The van der Waals surface area contributed by atoms with Crippen LogP contribution in [0.25, 0.3) is 0 Å². The zero-order valence-corrected chi connectivity index (χ0v) is 11.4. The number of nitrogens with zero attached hydrogens (tertiary/aromatic N) is 2. The molecule has 0 aliphatic carbocycles. The summed E-state index contributed by atoms with van der Waals surface area (Å²) in [4.78, 5) is 28.1. The van der Waals surface area contributed by atoms with E-state index < -0.39 is 0 Å². The Balaban J connectivity index is 1.60. The maximum atomic E-state index is 12.5. The van der Waals surface area contributed by atoms with Gasteiger partial charge in [0.05, 0.1) is 6.04 Å². The second-order valence-corrected chi connectivity index (χ2v) is 5.92. The van der Waals surface area contributed by atoms with Crippen molar-refractivity contribution in [1.82, 2.24) is 15.1 Å². The molecule has 0 radical (unpaired) electrons. The van der Waals surface area contributed by atoms with Crippen LogP contribution >= 0.6 is 0 Å². The first-order valence-corrected chi connectivity index (χ1v) is 7.57. The average Bonchev–Trinajstić information content (AvgIpc) is 2.67. The summed E-state index contributed by atoms with van der Waals surface area (Å²) in [5, 5.41) is 3.38. The van der Waals surface area contributed by atoms with Gasteiger partial charge < -0.3 is 15.1 Å². The zero-order chi connectivity index (χ0) is 13.2. The first-order chi connectivity index (χ1) is 9.25. The highest BCUT2D eigenvalue weighted by atomic mass is 16.2. The number of hydrogen-bond acceptors (Lipinski definition) is 3. The Morgan fingerprint density at radius 2 is 2.05 bits per heavy atom. The summed E-state index contributed by atoms with van der Waals surface area (Å²) < 4.78 is 0. The molecule has 3 aliphatic heterocycles. The number of hydrogen-bond donors (Lipinski definition) is 1. The molecule has 0 aromatic carbocycles. The molecule has 5 heteroatoms. The molecule has 2 atom stereocenters. The summed E-state index contributed by atoms with van der Waals surface area (Å²) in [6.07, 6.45) is 6.08. The van der Waals surface area contributed by atoms with Crippen molar-refractivity contribution >= 4 is 11.8 Å². The predicted octanol–water partition coefficient (Wildman–Crippen LogP) is 0.352. The van der Waals surface area contributed by atoms with Crippen LogP contribution in [0.2, 0.25) is 0 Å². The van der Waals surface area contributed by atoms with Crippen LogP contribution in [0.15, 0.2) is 0 Å². The molecule has 3 fully saturated rings. The molecule has 0 aromatic heterocycles. The third-order valence-corrected chi connectivity index (χ3v) is 4.66. The van der Waals surface area contributed by atoms with E-state index in [0.717, 1.165) is 38.9 Å². The SMILES string of the molecule is O=C(C1CCCCCN1)N1CCN2C(=O)CCC2C1. The van der Waals surface area contributed by atoms with Crippen molar-refractivity contribution in [3.63, 3.8) is 0 Å². The van der Waals surface area contributed by atoms with Gasteiger partial charge in [-0.2, -0.15) is 0 Å². The van der Waals surface area contributed by atoms with Crippen LogP contribution in [0.1, 0.15) is 38.5 Å². The lowest BCUT2D eigenvalue weighted by Crippen LogP contribution is -2.57. The lowest BCUT2D eigenvalue weighted by molar-refractivity contribution is -0.140. The predicted molar refractivity (Wildman–Crippen MR) is 71.6 cm³/mol. The van der Waals surface area contributed by atoms with Gasteiger partial charge in [0.1, 0.15) is 0 Å². The fourth-order valence-electron chi connectivity index (χ4n) is 3.52. The smallest absolute Gasteiger partial charge is 0.239 e. The molecule has 0 aromatic rings. The van der Waals surface area contributed by atoms with Crippen LogP contribution in [0.3, 0.4) is 0 Å². The topological polar surface area (TPSA) is 52.7 Å². The van der Waals surface area contributed by atoms with Crippen molar-refractivity contribution in [2.45, 2.75) is 50.6 Å². The van der Waals surface area contributed by atoms with Crippen molar-refractivity contribution in [2.24, 2.45) is 0 Å². The van der Waals surface area contributed by atoms with E-state index in [0.29, 0.717) is 13.0 Å². The number of carbonyl (C=O) groups is 2. The van der Waals surface area contributed by atoms with Gasteiger partial charge in [-0.1, -0.05) is 12.8 Å². The van der Waals surface area contributed by atoms with Crippen LogP contribution < -0.4 is 5.32 Å². The summed E-state index contributed by atoms with van der Waals surface area (Å²) >= 11 is 0. The Bertz CT molecular complexity index is 364. The van der Waals surface area contributed by atoms with Gasteiger partial charge in [0.2, 0.25) is 11.8 Å². The van der Waals surface area contributed by atoms with E-state index >= 15 is 0 Å². The highest BCUT2D eigenvalue weighted by Gasteiger charge is 2.38. The van der Waals surface area contributed by atoms with Crippen molar-refractivity contribution < 1.29 is 9.59 Å². The van der Waals surface area contributed by atoms with Crippen LogP contribution in [0, 0.1) is 0 Å². The van der Waals surface area contributed by atoms with E-state index in [9.17, 15) is 9.59 Å². The van der Waals surface area contributed by atoms with Gasteiger partial charge in [-0.15, -0.1) is 0 Å². The molecular formula is C14H23N3O2. The first kappa shape index (κ1) is 12.9. The van der Waals surface area contributed by atoms with Gasteiger partial charge >= 0.3 is 0 Å². The van der Waals surface area contributed by atoms with Crippen LogP contribution in [0.4, 0.5) is 0 Å². The van der Waals surface area contributed by atoms with E-state index in [1.165, 1.54) is 12.8 Å². The second-order valence-electron chi connectivity index (χ2n) is 5.92. The van der Waals surface area contributed by atoms with Crippen LogP contribution in [0.5, 0.6) is 0 Å². The first-order valence-electron chi connectivity index (χ1n) is 7.57. The number of amides is 2. The standard InChI is InChI=1S/C14H23N3O2/c18-13-6-5-11-10-16(8-9-17(11)13)14(19)12-4-2-1-3-7-15-12/h11-12,15H,1-10H2. The number of piperazine rings is 1. The van der Waals surface area contributed by atoms with Gasteiger partial charge in [0, 0.05) is 32.1 Å². The monoisotopic (exact) mass is 265 g/mol. The van der Waals surface area contributed by atoms with Gasteiger partial charge in [-0.05, 0) is 25.8 Å². The molecule has 0 spiro atoms. The second kappa shape index (κ2) is 5.49. The van der Waals surface area contributed by atoms with Gasteiger partial charge in [0.15, 0.2) is 0 Å². The minimum Gasteiger partial charge on any atom is -0.338 e. The van der Waals surface area contributed by atoms with Gasteiger partial charge in [-0.25, -0.2) is 0 Å². The quantitative estimate of drug-likeness (QED) is 0.744. The van der Waals surface area contributed by atoms with Crippen molar-refractivity contribution in [3.05, 3.63) is 0 Å². The normalized spacial score (nSPS) is 32.1. The van der Waals surface area contributed by atoms with Crippen molar-refractivity contribution in [2.75, 3.05) is 26.2 Å². The summed E-state index contributed by atoms with van der Waals surface area (Å²) in [6, 6.07) is 0.280. The molecular weight excluding hydrogens is 242 g/mol. The van der Waals surface area contributed by atoms with Gasteiger partial charge in [-0.3, -0.25) is 9.59 Å². The molecule has 0 bridgehead atoms. The van der Waals surface area contributed by atoms with E-state index in [1.807, 2.05) is 9.80 Å². The Kier molecular flexibility index (Phi) is 3.73. The molecule has 2 amide bonds. The van der Waals surface area contributed by atoms with Crippen LogP contribution in [-0.4, -0.2) is 59.9 Å². The molecule has 2 unspecified atom stereocenters. The fraction of sp³-hybridized carbons (Fsp3) is 0.857. The minimum absolute atomic E-state index is 0.00570. The molecule has 3 aliphatic rings. The number of rotatable bonds is 1. The Labute approximate surface area is 114 Å². The number of nitrogens with one attached hydrogen (secondary N) is 1. The number of fused-ring (bicyclic) bond motifs is 1.